The highest BCUT2D eigenvalue weighted by atomic mass is 32.1. The third kappa shape index (κ3) is 3.77. The molecule has 0 unspecified atom stereocenters. The zero-order valence-corrected chi connectivity index (χ0v) is 14.3. The third-order valence-electron chi connectivity index (χ3n) is 3.57. The van der Waals surface area contributed by atoms with Crippen LogP contribution in [0.3, 0.4) is 0 Å². The van der Waals surface area contributed by atoms with Crippen molar-refractivity contribution >= 4 is 23.1 Å². The SMILES string of the molecule is CCc1ccc(CNC(=O)Nc2cc(-n3cnnn3)ccc2C)s1. The molecule has 1 aromatic carbocycles. The molecule has 0 atom stereocenters. The van der Waals surface area contributed by atoms with Gasteiger partial charge in [0.05, 0.1) is 12.2 Å². The van der Waals surface area contributed by atoms with Crippen molar-refractivity contribution in [3.8, 4) is 5.69 Å². The quantitative estimate of drug-likeness (QED) is 0.746. The summed E-state index contributed by atoms with van der Waals surface area (Å²) in [7, 11) is 0. The molecule has 2 aromatic heterocycles. The Morgan fingerprint density at radius 1 is 1.25 bits per heavy atom. The van der Waals surface area contributed by atoms with Crippen molar-refractivity contribution in [3.63, 3.8) is 0 Å². The number of carbonyl (C=O) groups is 1. The summed E-state index contributed by atoms with van der Waals surface area (Å²) in [4.78, 5) is 14.6. The van der Waals surface area contributed by atoms with E-state index in [2.05, 4.69) is 39.1 Å². The van der Waals surface area contributed by atoms with Gasteiger partial charge in [0.25, 0.3) is 0 Å². The van der Waals surface area contributed by atoms with Crippen LogP contribution in [0.5, 0.6) is 0 Å². The number of rotatable bonds is 5. The van der Waals surface area contributed by atoms with Crippen molar-refractivity contribution in [2.45, 2.75) is 26.8 Å². The molecule has 2 amide bonds. The first-order valence-electron chi connectivity index (χ1n) is 7.62. The number of aromatic nitrogens is 4. The van der Waals surface area contributed by atoms with Crippen molar-refractivity contribution < 1.29 is 4.79 Å². The highest BCUT2D eigenvalue weighted by molar-refractivity contribution is 7.11. The van der Waals surface area contributed by atoms with E-state index in [9.17, 15) is 4.79 Å². The van der Waals surface area contributed by atoms with Gasteiger partial charge in [-0.05, 0) is 53.6 Å². The molecule has 2 N–H and O–H groups in total. The Hall–Kier alpha value is -2.74. The second-order valence-corrected chi connectivity index (χ2v) is 6.54. The number of nitrogens with zero attached hydrogens (tertiary/aromatic N) is 4. The van der Waals surface area contributed by atoms with Crippen molar-refractivity contribution in [2.75, 3.05) is 5.32 Å². The van der Waals surface area contributed by atoms with Gasteiger partial charge in [0.2, 0.25) is 0 Å². The van der Waals surface area contributed by atoms with Gasteiger partial charge in [-0.25, -0.2) is 9.48 Å². The number of benzene rings is 1. The Balaban J connectivity index is 1.64. The van der Waals surface area contributed by atoms with Crippen LogP contribution in [-0.2, 0) is 13.0 Å². The monoisotopic (exact) mass is 342 g/mol. The molecule has 0 aliphatic carbocycles. The van der Waals surface area contributed by atoms with Gasteiger partial charge in [0.1, 0.15) is 6.33 Å². The van der Waals surface area contributed by atoms with Crippen molar-refractivity contribution in [1.29, 1.82) is 0 Å². The fourth-order valence-electron chi connectivity index (χ4n) is 2.21. The topological polar surface area (TPSA) is 84.7 Å². The van der Waals surface area contributed by atoms with Gasteiger partial charge in [-0.2, -0.15) is 0 Å². The van der Waals surface area contributed by atoms with Gasteiger partial charge in [-0.15, -0.1) is 16.4 Å². The van der Waals surface area contributed by atoms with E-state index < -0.39 is 0 Å². The van der Waals surface area contributed by atoms with Crippen LogP contribution < -0.4 is 10.6 Å². The van der Waals surface area contributed by atoms with Crippen LogP contribution in [0.15, 0.2) is 36.7 Å². The standard InChI is InChI=1S/C16H18N6OS/c1-3-13-6-7-14(24-13)9-17-16(23)19-15-8-12(5-4-11(15)2)22-10-18-20-21-22/h4-8,10H,3,9H2,1-2H3,(H2,17,19,23). The van der Waals surface area contributed by atoms with Crippen LogP contribution >= 0.6 is 11.3 Å². The Morgan fingerprint density at radius 2 is 2.08 bits per heavy atom. The van der Waals surface area contributed by atoms with E-state index in [4.69, 9.17) is 0 Å². The summed E-state index contributed by atoms with van der Waals surface area (Å²) in [5, 5.41) is 16.8. The summed E-state index contributed by atoms with van der Waals surface area (Å²) in [6.45, 7) is 4.57. The first kappa shape index (κ1) is 16.1. The lowest BCUT2D eigenvalue weighted by Crippen LogP contribution is -2.28. The number of hydrogen-bond acceptors (Lipinski definition) is 5. The lowest BCUT2D eigenvalue weighted by Gasteiger charge is -2.11. The molecule has 2 heterocycles. The first-order chi connectivity index (χ1) is 11.7. The highest BCUT2D eigenvalue weighted by Crippen LogP contribution is 2.19. The first-order valence-corrected chi connectivity index (χ1v) is 8.44. The molecule has 124 valence electrons. The molecule has 0 saturated heterocycles. The third-order valence-corrected chi connectivity index (χ3v) is 4.80. The van der Waals surface area contributed by atoms with Gasteiger partial charge >= 0.3 is 6.03 Å². The lowest BCUT2D eigenvalue weighted by molar-refractivity contribution is 0.252. The summed E-state index contributed by atoms with van der Waals surface area (Å²) in [5.41, 5.74) is 2.47. The van der Waals surface area contributed by atoms with E-state index >= 15 is 0 Å². The van der Waals surface area contributed by atoms with Crippen molar-refractivity contribution in [2.24, 2.45) is 0 Å². The van der Waals surface area contributed by atoms with Gasteiger partial charge in [0.15, 0.2) is 0 Å². The molecule has 0 radical (unpaired) electrons. The minimum atomic E-state index is -0.238. The number of amides is 2. The smallest absolute Gasteiger partial charge is 0.319 e. The summed E-state index contributed by atoms with van der Waals surface area (Å²) >= 11 is 1.72. The molecular weight excluding hydrogens is 324 g/mol. The Bertz CT molecular complexity index is 827. The molecule has 3 aromatic rings. The van der Waals surface area contributed by atoms with Crippen molar-refractivity contribution in [3.05, 3.63) is 52.0 Å². The number of urea groups is 1. The largest absolute Gasteiger partial charge is 0.333 e. The molecule has 24 heavy (non-hydrogen) atoms. The number of carbonyl (C=O) groups excluding carboxylic acids is 1. The predicted octanol–water partition coefficient (Wildman–Crippen LogP) is 2.92. The zero-order valence-electron chi connectivity index (χ0n) is 13.5. The van der Waals surface area contributed by atoms with Gasteiger partial charge in [-0.3, -0.25) is 0 Å². The number of tetrazole rings is 1. The van der Waals surface area contributed by atoms with Crippen LogP contribution in [0.1, 0.15) is 22.2 Å². The van der Waals surface area contributed by atoms with E-state index in [-0.39, 0.29) is 6.03 Å². The number of hydrogen-bond donors (Lipinski definition) is 2. The van der Waals surface area contributed by atoms with E-state index in [1.165, 1.54) is 11.2 Å². The average molecular weight is 342 g/mol. The number of nitrogens with one attached hydrogen (secondary N) is 2. The maximum atomic E-state index is 12.1. The van der Waals surface area contributed by atoms with Gasteiger partial charge < -0.3 is 10.6 Å². The van der Waals surface area contributed by atoms with Crippen LogP contribution in [0.4, 0.5) is 10.5 Å². The van der Waals surface area contributed by atoms with E-state index in [1.54, 1.807) is 16.0 Å². The second-order valence-electron chi connectivity index (χ2n) is 5.28. The van der Waals surface area contributed by atoms with Gasteiger partial charge in [0, 0.05) is 15.4 Å². The zero-order chi connectivity index (χ0) is 16.9. The van der Waals surface area contributed by atoms with E-state index in [0.717, 1.165) is 28.2 Å². The molecule has 7 nitrogen and oxygen atoms in total. The van der Waals surface area contributed by atoms with Crippen LogP contribution in [0.2, 0.25) is 0 Å². The molecule has 0 saturated carbocycles. The Labute approximate surface area is 143 Å². The van der Waals surface area contributed by atoms with E-state index in [1.807, 2.05) is 31.2 Å². The van der Waals surface area contributed by atoms with Crippen LogP contribution in [-0.4, -0.2) is 26.2 Å². The lowest BCUT2D eigenvalue weighted by atomic mass is 10.2. The molecule has 0 aliphatic heterocycles. The highest BCUT2D eigenvalue weighted by Gasteiger charge is 2.08. The number of aryl methyl sites for hydroxylation is 2. The Morgan fingerprint density at radius 3 is 2.79 bits per heavy atom. The fourth-order valence-corrected chi connectivity index (χ4v) is 3.11. The average Bonchev–Trinajstić information content (AvgIpc) is 3.26. The van der Waals surface area contributed by atoms with Crippen molar-refractivity contribution in [1.82, 2.24) is 25.5 Å². The summed E-state index contributed by atoms with van der Waals surface area (Å²) < 4.78 is 1.54. The molecule has 3 rings (SSSR count). The second kappa shape index (κ2) is 7.22. The minimum absolute atomic E-state index is 0.238. The molecule has 0 bridgehead atoms. The Kier molecular flexibility index (Phi) is 4.85. The molecular formula is C16H18N6OS. The maximum absolute atomic E-state index is 12.1. The summed E-state index contributed by atoms with van der Waals surface area (Å²) in [5.74, 6) is 0. The van der Waals surface area contributed by atoms with Crippen LogP contribution in [0, 0.1) is 6.92 Å². The summed E-state index contributed by atoms with van der Waals surface area (Å²) in [6.07, 6.45) is 2.52. The van der Waals surface area contributed by atoms with E-state index in [0.29, 0.717) is 6.54 Å². The fraction of sp³-hybridized carbons (Fsp3) is 0.250. The number of anilines is 1. The summed E-state index contributed by atoms with van der Waals surface area (Å²) in [6, 6.07) is 9.56. The maximum Gasteiger partial charge on any atom is 0.319 e. The molecule has 0 aliphatic rings. The predicted molar refractivity (Wildman–Crippen MR) is 93.4 cm³/mol. The molecule has 0 spiro atoms. The van der Waals surface area contributed by atoms with Crippen LogP contribution in [0.25, 0.3) is 5.69 Å². The minimum Gasteiger partial charge on any atom is -0.333 e. The number of thiophene rings is 1. The normalized spacial score (nSPS) is 10.6. The molecule has 0 fully saturated rings. The van der Waals surface area contributed by atoms with Gasteiger partial charge in [-0.1, -0.05) is 13.0 Å². The molecule has 8 heteroatoms.